The lowest BCUT2D eigenvalue weighted by molar-refractivity contribution is 0.102. The number of halogens is 2. The van der Waals surface area contributed by atoms with E-state index >= 15 is 0 Å². The van der Waals surface area contributed by atoms with Crippen molar-refractivity contribution in [2.24, 2.45) is 0 Å². The van der Waals surface area contributed by atoms with Gasteiger partial charge in [-0.1, -0.05) is 17.7 Å². The quantitative estimate of drug-likeness (QED) is 0.919. The van der Waals surface area contributed by atoms with Crippen LogP contribution in [0.25, 0.3) is 0 Å². The van der Waals surface area contributed by atoms with Gasteiger partial charge in [0, 0.05) is 4.47 Å². The van der Waals surface area contributed by atoms with Crippen LogP contribution in [0, 0.1) is 6.92 Å². The molecule has 1 amide bonds. The number of carbonyl (C=O) groups excluding carboxylic acids is 1. The Hall–Kier alpha value is -1.46. The predicted molar refractivity (Wildman–Crippen MR) is 73.9 cm³/mol. The van der Waals surface area contributed by atoms with Crippen molar-refractivity contribution in [3.8, 4) is 0 Å². The maximum absolute atomic E-state index is 11.9. The minimum atomic E-state index is -0.328. The molecule has 0 bridgehead atoms. The van der Waals surface area contributed by atoms with Gasteiger partial charge in [-0.15, -0.1) is 0 Å². The zero-order valence-electron chi connectivity index (χ0n) is 9.45. The van der Waals surface area contributed by atoms with E-state index in [1.165, 1.54) is 12.4 Å². The van der Waals surface area contributed by atoms with Crippen LogP contribution >= 0.6 is 27.5 Å². The molecule has 0 aliphatic carbocycles. The first-order valence-electron chi connectivity index (χ1n) is 5.11. The number of nitrogens with zero attached hydrogens (tertiary/aromatic N) is 2. The van der Waals surface area contributed by atoms with Crippen molar-refractivity contribution >= 4 is 39.1 Å². The fourth-order valence-corrected chi connectivity index (χ4v) is 1.79. The molecule has 4 nitrogen and oxygen atoms in total. The molecule has 1 aromatic carbocycles. The van der Waals surface area contributed by atoms with E-state index in [4.69, 9.17) is 11.6 Å². The van der Waals surface area contributed by atoms with Gasteiger partial charge in [0.05, 0.1) is 18.1 Å². The smallest absolute Gasteiger partial charge is 0.275 e. The average molecular weight is 327 g/mol. The van der Waals surface area contributed by atoms with Crippen molar-refractivity contribution in [2.45, 2.75) is 6.92 Å². The summed E-state index contributed by atoms with van der Waals surface area (Å²) in [5.41, 5.74) is 1.96. The fourth-order valence-electron chi connectivity index (χ4n) is 1.35. The van der Waals surface area contributed by atoms with Gasteiger partial charge in [0.15, 0.2) is 0 Å². The van der Waals surface area contributed by atoms with Gasteiger partial charge in [-0.3, -0.25) is 4.79 Å². The van der Waals surface area contributed by atoms with Crippen LogP contribution in [0.1, 0.15) is 16.1 Å². The SMILES string of the molecule is Cc1ccc(Br)c(NC(=O)c2cnc(Cl)cn2)c1. The van der Waals surface area contributed by atoms with E-state index in [9.17, 15) is 4.79 Å². The number of benzene rings is 1. The zero-order chi connectivity index (χ0) is 13.1. The van der Waals surface area contributed by atoms with Crippen LogP contribution in [-0.4, -0.2) is 15.9 Å². The Morgan fingerprint density at radius 3 is 2.78 bits per heavy atom. The molecule has 1 N–H and O–H groups in total. The molecule has 2 rings (SSSR count). The average Bonchev–Trinajstić information content (AvgIpc) is 2.34. The number of anilines is 1. The molecule has 0 aliphatic rings. The first-order chi connectivity index (χ1) is 8.56. The molecular weight excluding hydrogens is 318 g/mol. The number of rotatable bonds is 2. The maximum Gasteiger partial charge on any atom is 0.275 e. The van der Waals surface area contributed by atoms with Crippen LogP contribution in [0.4, 0.5) is 5.69 Å². The Morgan fingerprint density at radius 2 is 2.11 bits per heavy atom. The van der Waals surface area contributed by atoms with Crippen molar-refractivity contribution in [3.63, 3.8) is 0 Å². The Labute approximate surface area is 118 Å². The summed E-state index contributed by atoms with van der Waals surface area (Å²) in [5, 5.41) is 3.01. The minimum absolute atomic E-state index is 0.216. The Kier molecular flexibility index (Phi) is 3.93. The highest BCUT2D eigenvalue weighted by molar-refractivity contribution is 9.10. The van der Waals surface area contributed by atoms with Crippen LogP contribution in [0.15, 0.2) is 35.1 Å². The van der Waals surface area contributed by atoms with E-state index in [1.54, 1.807) is 0 Å². The molecule has 18 heavy (non-hydrogen) atoms. The van der Waals surface area contributed by atoms with E-state index in [-0.39, 0.29) is 16.8 Å². The van der Waals surface area contributed by atoms with Gasteiger partial charge < -0.3 is 5.32 Å². The van der Waals surface area contributed by atoms with Crippen molar-refractivity contribution in [1.29, 1.82) is 0 Å². The molecule has 0 spiro atoms. The molecule has 2 aromatic rings. The minimum Gasteiger partial charge on any atom is -0.320 e. The van der Waals surface area contributed by atoms with E-state index < -0.39 is 0 Å². The summed E-state index contributed by atoms with van der Waals surface area (Å²) in [6, 6.07) is 5.69. The lowest BCUT2D eigenvalue weighted by Crippen LogP contribution is -2.14. The Balaban J connectivity index is 2.21. The number of hydrogen-bond donors (Lipinski definition) is 1. The molecule has 1 heterocycles. The number of aryl methyl sites for hydroxylation is 1. The lowest BCUT2D eigenvalue weighted by atomic mass is 10.2. The maximum atomic E-state index is 11.9. The third-order valence-electron chi connectivity index (χ3n) is 2.22. The normalized spacial score (nSPS) is 10.2. The highest BCUT2D eigenvalue weighted by Gasteiger charge is 2.10. The molecule has 92 valence electrons. The number of amides is 1. The third-order valence-corrected chi connectivity index (χ3v) is 3.11. The van der Waals surface area contributed by atoms with Gasteiger partial charge in [0.2, 0.25) is 0 Å². The van der Waals surface area contributed by atoms with Gasteiger partial charge in [-0.25, -0.2) is 9.97 Å². The predicted octanol–water partition coefficient (Wildman–Crippen LogP) is 3.45. The van der Waals surface area contributed by atoms with Gasteiger partial charge in [-0.2, -0.15) is 0 Å². The molecular formula is C12H9BrClN3O. The lowest BCUT2D eigenvalue weighted by Gasteiger charge is -2.07. The first kappa shape index (κ1) is 13.0. The summed E-state index contributed by atoms with van der Waals surface area (Å²) in [6.07, 6.45) is 2.67. The van der Waals surface area contributed by atoms with Crippen LogP contribution in [0.3, 0.4) is 0 Å². The highest BCUT2D eigenvalue weighted by Crippen LogP contribution is 2.23. The molecule has 0 saturated carbocycles. The van der Waals surface area contributed by atoms with Crippen LogP contribution in [0.2, 0.25) is 5.15 Å². The molecule has 0 unspecified atom stereocenters. The van der Waals surface area contributed by atoms with Crippen molar-refractivity contribution in [3.05, 3.63) is 51.5 Å². The van der Waals surface area contributed by atoms with Gasteiger partial charge in [-0.05, 0) is 40.5 Å². The second-order valence-electron chi connectivity index (χ2n) is 3.66. The number of nitrogens with one attached hydrogen (secondary N) is 1. The van der Waals surface area contributed by atoms with Crippen LogP contribution in [0.5, 0.6) is 0 Å². The van der Waals surface area contributed by atoms with E-state index in [1.807, 2.05) is 25.1 Å². The number of carbonyl (C=O) groups is 1. The van der Waals surface area contributed by atoms with Crippen LogP contribution in [-0.2, 0) is 0 Å². The van der Waals surface area contributed by atoms with Gasteiger partial charge in [0.25, 0.3) is 5.91 Å². The Bertz CT molecular complexity index is 586. The van der Waals surface area contributed by atoms with Gasteiger partial charge in [0.1, 0.15) is 10.8 Å². The zero-order valence-corrected chi connectivity index (χ0v) is 11.8. The monoisotopic (exact) mass is 325 g/mol. The second-order valence-corrected chi connectivity index (χ2v) is 4.90. The third kappa shape index (κ3) is 3.05. The van der Waals surface area contributed by atoms with E-state index in [0.29, 0.717) is 5.69 Å². The van der Waals surface area contributed by atoms with E-state index in [2.05, 4.69) is 31.2 Å². The van der Waals surface area contributed by atoms with Crippen LogP contribution < -0.4 is 5.32 Å². The van der Waals surface area contributed by atoms with Crippen molar-refractivity contribution < 1.29 is 4.79 Å². The number of hydrogen-bond acceptors (Lipinski definition) is 3. The molecule has 0 saturated heterocycles. The van der Waals surface area contributed by atoms with Crippen molar-refractivity contribution in [2.75, 3.05) is 5.32 Å². The summed E-state index contributed by atoms with van der Waals surface area (Å²) in [6.45, 7) is 1.95. The Morgan fingerprint density at radius 1 is 1.33 bits per heavy atom. The summed E-state index contributed by atoms with van der Waals surface area (Å²) >= 11 is 8.98. The van der Waals surface area contributed by atoms with Crippen molar-refractivity contribution in [1.82, 2.24) is 9.97 Å². The molecule has 0 aliphatic heterocycles. The van der Waals surface area contributed by atoms with E-state index in [0.717, 1.165) is 10.0 Å². The molecule has 6 heteroatoms. The largest absolute Gasteiger partial charge is 0.320 e. The molecule has 0 fully saturated rings. The second kappa shape index (κ2) is 5.46. The summed E-state index contributed by atoms with van der Waals surface area (Å²) < 4.78 is 0.809. The summed E-state index contributed by atoms with van der Waals surface area (Å²) in [7, 11) is 0. The first-order valence-corrected chi connectivity index (χ1v) is 6.28. The summed E-state index contributed by atoms with van der Waals surface area (Å²) in [4.78, 5) is 19.6. The molecule has 1 aromatic heterocycles. The molecule has 0 radical (unpaired) electrons. The molecule has 0 atom stereocenters. The summed E-state index contributed by atoms with van der Waals surface area (Å²) in [5.74, 6) is -0.328. The standard InChI is InChI=1S/C12H9BrClN3O/c1-7-2-3-8(13)9(4-7)17-12(18)10-5-16-11(14)6-15-10/h2-6H,1H3,(H,17,18). The topological polar surface area (TPSA) is 54.9 Å². The highest BCUT2D eigenvalue weighted by atomic mass is 79.9. The number of aromatic nitrogens is 2. The fraction of sp³-hybridized carbons (Fsp3) is 0.0833. The van der Waals surface area contributed by atoms with Gasteiger partial charge >= 0.3 is 0 Å².